The van der Waals surface area contributed by atoms with Crippen LogP contribution >= 0.6 is 11.8 Å². The molecule has 1 aromatic carbocycles. The van der Waals surface area contributed by atoms with Gasteiger partial charge in [-0.2, -0.15) is 0 Å². The molecule has 0 aromatic heterocycles. The summed E-state index contributed by atoms with van der Waals surface area (Å²) in [7, 11) is 0. The zero-order chi connectivity index (χ0) is 14.4. The summed E-state index contributed by atoms with van der Waals surface area (Å²) in [4.78, 5) is 11.7. The van der Waals surface area contributed by atoms with Crippen molar-refractivity contribution in [3.63, 3.8) is 0 Å². The first-order valence-corrected chi connectivity index (χ1v) is 7.29. The van der Waals surface area contributed by atoms with Gasteiger partial charge < -0.3 is 10.4 Å². The number of benzene rings is 1. The first kappa shape index (κ1) is 16.0. The monoisotopic (exact) mass is 285 g/mol. The van der Waals surface area contributed by atoms with Gasteiger partial charge in [-0.15, -0.1) is 11.8 Å². The highest BCUT2D eigenvalue weighted by molar-refractivity contribution is 8.00. The van der Waals surface area contributed by atoms with Crippen LogP contribution in [-0.4, -0.2) is 28.1 Å². The number of carbonyl (C=O) groups excluding carboxylic acids is 1. The Morgan fingerprint density at radius 2 is 1.89 bits per heavy atom. The third-order valence-corrected chi connectivity index (χ3v) is 4.25. The van der Waals surface area contributed by atoms with Crippen LogP contribution in [0.1, 0.15) is 32.4 Å². The topological polar surface area (TPSA) is 49.3 Å². The molecule has 19 heavy (non-hydrogen) atoms. The fourth-order valence-corrected chi connectivity index (χ4v) is 2.24. The van der Waals surface area contributed by atoms with Gasteiger partial charge in [0.1, 0.15) is 5.82 Å². The highest BCUT2D eigenvalue weighted by Crippen LogP contribution is 2.16. The second-order valence-corrected chi connectivity index (χ2v) is 5.96. The number of nitrogens with one attached hydrogen (secondary N) is 1. The van der Waals surface area contributed by atoms with E-state index in [1.165, 1.54) is 23.9 Å². The first-order chi connectivity index (χ1) is 8.90. The molecule has 0 fully saturated rings. The Bertz CT molecular complexity index is 408. The molecule has 1 amide bonds. The Morgan fingerprint density at radius 1 is 1.32 bits per heavy atom. The van der Waals surface area contributed by atoms with E-state index in [0.717, 1.165) is 5.56 Å². The maximum absolute atomic E-state index is 12.8. The SMILES string of the molecule is CC(NC(=O)CSC(C)C(C)O)c1ccc(F)cc1. The van der Waals surface area contributed by atoms with Crippen molar-refractivity contribution >= 4 is 17.7 Å². The number of thioether (sulfide) groups is 1. The number of rotatable bonds is 6. The van der Waals surface area contributed by atoms with Crippen LogP contribution in [0.5, 0.6) is 0 Å². The normalized spacial score (nSPS) is 15.6. The summed E-state index contributed by atoms with van der Waals surface area (Å²) in [6.45, 7) is 5.44. The Balaban J connectivity index is 2.42. The van der Waals surface area contributed by atoms with Crippen molar-refractivity contribution < 1.29 is 14.3 Å². The summed E-state index contributed by atoms with van der Waals surface area (Å²) in [5.41, 5.74) is 0.864. The van der Waals surface area contributed by atoms with Crippen molar-refractivity contribution in [2.75, 3.05) is 5.75 Å². The van der Waals surface area contributed by atoms with Crippen molar-refractivity contribution in [2.45, 2.75) is 38.2 Å². The minimum Gasteiger partial charge on any atom is -0.392 e. The zero-order valence-corrected chi connectivity index (χ0v) is 12.2. The van der Waals surface area contributed by atoms with Crippen LogP contribution in [-0.2, 0) is 4.79 Å². The molecule has 0 spiro atoms. The van der Waals surface area contributed by atoms with Gasteiger partial charge in [0.25, 0.3) is 0 Å². The van der Waals surface area contributed by atoms with E-state index in [2.05, 4.69) is 5.32 Å². The van der Waals surface area contributed by atoms with Crippen LogP contribution < -0.4 is 5.32 Å². The summed E-state index contributed by atoms with van der Waals surface area (Å²) in [6, 6.07) is 5.91. The van der Waals surface area contributed by atoms with Crippen molar-refractivity contribution in [3.8, 4) is 0 Å². The average Bonchev–Trinajstić information content (AvgIpc) is 2.36. The van der Waals surface area contributed by atoms with Gasteiger partial charge in [-0.05, 0) is 31.5 Å². The van der Waals surface area contributed by atoms with Gasteiger partial charge in [0.15, 0.2) is 0 Å². The van der Waals surface area contributed by atoms with Crippen LogP contribution in [0.3, 0.4) is 0 Å². The van der Waals surface area contributed by atoms with Gasteiger partial charge >= 0.3 is 0 Å². The van der Waals surface area contributed by atoms with Gasteiger partial charge in [0.05, 0.1) is 17.9 Å². The molecule has 3 unspecified atom stereocenters. The van der Waals surface area contributed by atoms with Gasteiger partial charge in [-0.1, -0.05) is 19.1 Å². The quantitative estimate of drug-likeness (QED) is 0.844. The number of halogens is 1. The number of amides is 1. The van der Waals surface area contributed by atoms with Crippen molar-refractivity contribution in [1.29, 1.82) is 0 Å². The molecule has 0 aliphatic heterocycles. The summed E-state index contributed by atoms with van der Waals surface area (Å²) in [6.07, 6.45) is -0.438. The van der Waals surface area contributed by atoms with Crippen molar-refractivity contribution in [3.05, 3.63) is 35.6 Å². The van der Waals surface area contributed by atoms with E-state index in [0.29, 0.717) is 5.75 Å². The largest absolute Gasteiger partial charge is 0.392 e. The molecular weight excluding hydrogens is 265 g/mol. The predicted molar refractivity (Wildman–Crippen MR) is 76.6 cm³/mol. The van der Waals surface area contributed by atoms with Gasteiger partial charge in [0.2, 0.25) is 5.91 Å². The minimum absolute atomic E-state index is 0.0203. The number of hydrogen-bond donors (Lipinski definition) is 2. The van der Waals surface area contributed by atoms with Gasteiger partial charge in [-0.3, -0.25) is 4.79 Å². The van der Waals surface area contributed by atoms with E-state index in [4.69, 9.17) is 0 Å². The van der Waals surface area contributed by atoms with Crippen LogP contribution in [0, 0.1) is 5.82 Å². The predicted octanol–water partition coefficient (Wildman–Crippen LogP) is 2.51. The molecule has 106 valence electrons. The molecule has 0 bridgehead atoms. The smallest absolute Gasteiger partial charge is 0.230 e. The lowest BCUT2D eigenvalue weighted by atomic mass is 10.1. The Kier molecular flexibility index (Phi) is 6.31. The molecule has 3 nitrogen and oxygen atoms in total. The van der Waals surface area contributed by atoms with Crippen molar-refractivity contribution in [2.24, 2.45) is 0 Å². The number of carbonyl (C=O) groups is 1. The third-order valence-electron chi connectivity index (χ3n) is 2.90. The second kappa shape index (κ2) is 7.50. The molecule has 0 heterocycles. The van der Waals surface area contributed by atoms with E-state index in [-0.39, 0.29) is 23.0 Å². The lowest BCUT2D eigenvalue weighted by Gasteiger charge is -2.17. The molecule has 0 saturated heterocycles. The van der Waals surface area contributed by atoms with Gasteiger partial charge in [-0.25, -0.2) is 4.39 Å². The van der Waals surface area contributed by atoms with E-state index < -0.39 is 6.10 Å². The molecule has 0 saturated carbocycles. The Morgan fingerprint density at radius 3 is 2.42 bits per heavy atom. The Hall–Kier alpha value is -1.07. The highest BCUT2D eigenvalue weighted by Gasteiger charge is 2.14. The maximum atomic E-state index is 12.8. The number of aliphatic hydroxyl groups excluding tert-OH is 1. The van der Waals surface area contributed by atoms with Crippen molar-refractivity contribution in [1.82, 2.24) is 5.32 Å². The zero-order valence-electron chi connectivity index (χ0n) is 11.4. The van der Waals surface area contributed by atoms with E-state index in [9.17, 15) is 14.3 Å². The minimum atomic E-state index is -0.438. The molecule has 5 heteroatoms. The highest BCUT2D eigenvalue weighted by atomic mass is 32.2. The number of aliphatic hydroxyl groups is 1. The standard InChI is InChI=1S/C14H20FNO2S/c1-9(12-4-6-13(15)7-5-12)16-14(18)8-19-11(3)10(2)17/h4-7,9-11,17H,8H2,1-3H3,(H,16,18). The maximum Gasteiger partial charge on any atom is 0.230 e. The Labute approximate surface area is 117 Å². The van der Waals surface area contributed by atoms with E-state index >= 15 is 0 Å². The van der Waals surface area contributed by atoms with Crippen LogP contribution in [0.2, 0.25) is 0 Å². The molecule has 0 aliphatic rings. The summed E-state index contributed by atoms with van der Waals surface area (Å²) < 4.78 is 12.8. The van der Waals surface area contributed by atoms with E-state index in [1.54, 1.807) is 19.1 Å². The van der Waals surface area contributed by atoms with Crippen LogP contribution in [0.25, 0.3) is 0 Å². The molecule has 0 aliphatic carbocycles. The lowest BCUT2D eigenvalue weighted by molar-refractivity contribution is -0.119. The molecule has 0 radical (unpaired) electrons. The molecule has 1 rings (SSSR count). The van der Waals surface area contributed by atoms with Gasteiger partial charge in [0, 0.05) is 5.25 Å². The molecular formula is C14H20FNO2S. The molecule has 3 atom stereocenters. The first-order valence-electron chi connectivity index (χ1n) is 6.24. The molecule has 2 N–H and O–H groups in total. The second-order valence-electron chi connectivity index (χ2n) is 4.60. The average molecular weight is 285 g/mol. The fourth-order valence-electron chi connectivity index (χ4n) is 1.46. The third kappa shape index (κ3) is 5.61. The van der Waals surface area contributed by atoms with Crippen LogP contribution in [0.15, 0.2) is 24.3 Å². The summed E-state index contributed by atoms with van der Waals surface area (Å²) >= 11 is 1.41. The lowest BCUT2D eigenvalue weighted by Crippen LogP contribution is -2.29. The van der Waals surface area contributed by atoms with E-state index in [1.807, 2.05) is 13.8 Å². The van der Waals surface area contributed by atoms with Crippen LogP contribution in [0.4, 0.5) is 4.39 Å². The number of hydrogen-bond acceptors (Lipinski definition) is 3. The summed E-state index contributed by atoms with van der Waals surface area (Å²) in [5, 5.41) is 12.2. The fraction of sp³-hybridized carbons (Fsp3) is 0.500. The summed E-state index contributed by atoms with van der Waals surface area (Å²) in [5.74, 6) is -0.0738. The molecule has 1 aromatic rings.